The highest BCUT2D eigenvalue weighted by molar-refractivity contribution is 6.05. The van der Waals surface area contributed by atoms with Crippen LogP contribution in [0.15, 0.2) is 18.2 Å². The van der Waals surface area contributed by atoms with Crippen LogP contribution >= 0.6 is 0 Å². The molecule has 1 aliphatic rings. The zero-order chi connectivity index (χ0) is 14.7. The fraction of sp³-hybridized carbons (Fsp3) is 0.308. The molecular formula is C13H15N3O4. The van der Waals surface area contributed by atoms with Gasteiger partial charge in [0.15, 0.2) is 0 Å². The Hall–Kier alpha value is -2.57. The molecule has 1 aromatic rings. The Balaban J connectivity index is 2.13. The monoisotopic (exact) mass is 277 g/mol. The molecule has 106 valence electrons. The van der Waals surface area contributed by atoms with Gasteiger partial charge in [-0.3, -0.25) is 19.7 Å². The molecule has 0 aromatic heterocycles. The van der Waals surface area contributed by atoms with Gasteiger partial charge in [-0.1, -0.05) is 6.07 Å². The minimum Gasteiger partial charge on any atom is -0.495 e. The van der Waals surface area contributed by atoms with Crippen LogP contribution in [0.4, 0.5) is 5.69 Å². The molecule has 0 saturated carbocycles. The number of hydrogen-bond acceptors (Lipinski definition) is 5. The Morgan fingerprint density at radius 2 is 2.20 bits per heavy atom. The maximum absolute atomic E-state index is 12.1. The number of carbonyl (C=O) groups is 3. The van der Waals surface area contributed by atoms with Crippen molar-refractivity contribution in [3.63, 3.8) is 0 Å². The number of nitrogens with two attached hydrogens (primary N) is 1. The molecule has 7 heteroatoms. The molecule has 7 nitrogen and oxygen atoms in total. The quantitative estimate of drug-likeness (QED) is 0.524. The molecule has 0 spiro atoms. The number of carbonyl (C=O) groups excluding carboxylic acids is 3. The molecule has 1 aliphatic heterocycles. The third-order valence-electron chi connectivity index (χ3n) is 3.08. The van der Waals surface area contributed by atoms with Crippen molar-refractivity contribution in [3.8, 4) is 5.75 Å². The third kappa shape index (κ3) is 2.71. The van der Waals surface area contributed by atoms with E-state index in [1.807, 2.05) is 0 Å². The molecule has 3 amide bonds. The molecule has 20 heavy (non-hydrogen) atoms. The predicted molar refractivity (Wildman–Crippen MR) is 71.0 cm³/mol. The van der Waals surface area contributed by atoms with Gasteiger partial charge < -0.3 is 15.8 Å². The largest absolute Gasteiger partial charge is 0.495 e. The second kappa shape index (κ2) is 5.60. The zero-order valence-electron chi connectivity index (χ0n) is 10.9. The van der Waals surface area contributed by atoms with Gasteiger partial charge in [-0.2, -0.15) is 0 Å². The van der Waals surface area contributed by atoms with Crippen LogP contribution in [-0.2, 0) is 9.59 Å². The summed E-state index contributed by atoms with van der Waals surface area (Å²) in [5.74, 6) is -0.922. The van der Waals surface area contributed by atoms with Gasteiger partial charge in [-0.05, 0) is 18.6 Å². The first-order valence-corrected chi connectivity index (χ1v) is 6.10. The van der Waals surface area contributed by atoms with Crippen molar-refractivity contribution in [2.24, 2.45) is 0 Å². The molecule has 4 N–H and O–H groups in total. The van der Waals surface area contributed by atoms with E-state index in [-0.39, 0.29) is 30.0 Å². The van der Waals surface area contributed by atoms with E-state index in [2.05, 4.69) is 10.6 Å². The third-order valence-corrected chi connectivity index (χ3v) is 3.08. The Kier molecular flexibility index (Phi) is 3.88. The summed E-state index contributed by atoms with van der Waals surface area (Å²) in [4.78, 5) is 34.7. The standard InChI is InChI=1S/C13H15N3O4/c1-20-9-4-2-3-7(11(9)14)12(18)15-8-5-6-10(17)16-13(8)19/h2-4,8H,5-6,14H2,1H3,(H,15,18)(H,16,17,19). The van der Waals surface area contributed by atoms with E-state index < -0.39 is 17.9 Å². The van der Waals surface area contributed by atoms with Crippen molar-refractivity contribution < 1.29 is 19.1 Å². The number of benzene rings is 1. The Bertz CT molecular complexity index is 571. The Morgan fingerprint density at radius 3 is 2.85 bits per heavy atom. The topological polar surface area (TPSA) is 111 Å². The lowest BCUT2D eigenvalue weighted by Gasteiger charge is -2.22. The van der Waals surface area contributed by atoms with Crippen LogP contribution < -0.4 is 21.1 Å². The number of ether oxygens (including phenoxy) is 1. The van der Waals surface area contributed by atoms with Gasteiger partial charge >= 0.3 is 0 Å². The number of amides is 3. The van der Waals surface area contributed by atoms with Gasteiger partial charge in [0, 0.05) is 6.42 Å². The van der Waals surface area contributed by atoms with Gasteiger partial charge in [0.1, 0.15) is 11.8 Å². The van der Waals surface area contributed by atoms with Gasteiger partial charge in [-0.25, -0.2) is 0 Å². The normalized spacial score (nSPS) is 18.4. The van der Waals surface area contributed by atoms with E-state index in [4.69, 9.17) is 10.5 Å². The van der Waals surface area contributed by atoms with Crippen molar-refractivity contribution >= 4 is 23.4 Å². The van der Waals surface area contributed by atoms with Crippen molar-refractivity contribution in [2.75, 3.05) is 12.8 Å². The van der Waals surface area contributed by atoms with E-state index in [0.29, 0.717) is 5.75 Å². The number of imide groups is 1. The average molecular weight is 277 g/mol. The van der Waals surface area contributed by atoms with Crippen LogP contribution in [0.5, 0.6) is 5.75 Å². The molecule has 1 aromatic carbocycles. The van der Waals surface area contributed by atoms with Gasteiger partial charge in [0.2, 0.25) is 11.8 Å². The van der Waals surface area contributed by atoms with E-state index in [1.54, 1.807) is 18.2 Å². The number of methoxy groups -OCH3 is 1. The van der Waals surface area contributed by atoms with Crippen LogP contribution in [-0.4, -0.2) is 30.9 Å². The summed E-state index contributed by atoms with van der Waals surface area (Å²) < 4.78 is 5.03. The zero-order valence-corrected chi connectivity index (χ0v) is 10.9. The molecular weight excluding hydrogens is 262 g/mol. The highest BCUT2D eigenvalue weighted by atomic mass is 16.5. The number of rotatable bonds is 3. The molecule has 1 saturated heterocycles. The summed E-state index contributed by atoms with van der Waals surface area (Å²) in [6.07, 6.45) is 0.477. The maximum atomic E-state index is 12.1. The predicted octanol–water partition coefficient (Wildman–Crippen LogP) is -0.188. The smallest absolute Gasteiger partial charge is 0.254 e. The van der Waals surface area contributed by atoms with Gasteiger partial charge in [0.05, 0.1) is 18.4 Å². The van der Waals surface area contributed by atoms with E-state index >= 15 is 0 Å². The fourth-order valence-electron chi connectivity index (χ4n) is 1.99. The fourth-order valence-corrected chi connectivity index (χ4v) is 1.99. The SMILES string of the molecule is COc1cccc(C(=O)NC2CCC(=O)NC2=O)c1N. The Morgan fingerprint density at radius 1 is 1.45 bits per heavy atom. The summed E-state index contributed by atoms with van der Waals surface area (Å²) in [6.45, 7) is 0. The number of nitrogens with one attached hydrogen (secondary N) is 2. The number of para-hydroxylation sites is 1. The second-order valence-corrected chi connectivity index (χ2v) is 4.40. The average Bonchev–Trinajstić information content (AvgIpc) is 2.42. The lowest BCUT2D eigenvalue weighted by molar-refractivity contribution is -0.134. The Labute approximate surface area is 115 Å². The van der Waals surface area contributed by atoms with Crippen molar-refractivity contribution in [3.05, 3.63) is 23.8 Å². The molecule has 2 rings (SSSR count). The van der Waals surface area contributed by atoms with Crippen molar-refractivity contribution in [1.82, 2.24) is 10.6 Å². The number of hydrogen-bond donors (Lipinski definition) is 3. The number of nitrogen functional groups attached to an aromatic ring is 1. The van der Waals surface area contributed by atoms with Crippen LogP contribution in [0.25, 0.3) is 0 Å². The van der Waals surface area contributed by atoms with Crippen molar-refractivity contribution in [2.45, 2.75) is 18.9 Å². The van der Waals surface area contributed by atoms with Crippen LogP contribution in [0.3, 0.4) is 0 Å². The summed E-state index contributed by atoms with van der Waals surface area (Å²) in [7, 11) is 1.45. The summed E-state index contributed by atoms with van der Waals surface area (Å²) in [6, 6.07) is 4.08. The molecule has 0 aliphatic carbocycles. The van der Waals surface area contributed by atoms with Gasteiger partial charge in [0.25, 0.3) is 5.91 Å². The molecule has 1 atom stereocenters. The molecule has 1 heterocycles. The van der Waals surface area contributed by atoms with Crippen LogP contribution in [0.1, 0.15) is 23.2 Å². The van der Waals surface area contributed by atoms with Gasteiger partial charge in [-0.15, -0.1) is 0 Å². The highest BCUT2D eigenvalue weighted by Crippen LogP contribution is 2.24. The van der Waals surface area contributed by atoms with Crippen molar-refractivity contribution in [1.29, 1.82) is 0 Å². The lowest BCUT2D eigenvalue weighted by atomic mass is 10.0. The summed E-state index contributed by atoms with van der Waals surface area (Å²) in [5, 5.41) is 4.73. The molecule has 0 bridgehead atoms. The van der Waals surface area contributed by atoms with E-state index in [9.17, 15) is 14.4 Å². The van der Waals surface area contributed by atoms with E-state index in [0.717, 1.165) is 0 Å². The number of piperidine rings is 1. The lowest BCUT2D eigenvalue weighted by Crippen LogP contribution is -2.52. The first-order valence-electron chi connectivity index (χ1n) is 6.10. The summed E-state index contributed by atoms with van der Waals surface area (Å²) in [5.41, 5.74) is 6.25. The second-order valence-electron chi connectivity index (χ2n) is 4.40. The highest BCUT2D eigenvalue weighted by Gasteiger charge is 2.28. The van der Waals surface area contributed by atoms with Crippen LogP contribution in [0, 0.1) is 0 Å². The number of anilines is 1. The molecule has 1 fully saturated rings. The molecule has 1 unspecified atom stereocenters. The summed E-state index contributed by atoms with van der Waals surface area (Å²) >= 11 is 0. The maximum Gasteiger partial charge on any atom is 0.254 e. The first kappa shape index (κ1) is 13.9. The molecule has 0 radical (unpaired) electrons. The van der Waals surface area contributed by atoms with Crippen LogP contribution in [0.2, 0.25) is 0 Å². The minimum atomic E-state index is -0.731. The first-order chi connectivity index (χ1) is 9.52. The van der Waals surface area contributed by atoms with E-state index in [1.165, 1.54) is 7.11 Å². The minimum absolute atomic E-state index is 0.199.